The third-order valence-corrected chi connectivity index (χ3v) is 3.35. The van der Waals surface area contributed by atoms with E-state index in [0.717, 1.165) is 11.3 Å². The molecule has 0 aromatic heterocycles. The number of ether oxygens (including phenoxy) is 2. The Morgan fingerprint density at radius 3 is 2.22 bits per heavy atom. The van der Waals surface area contributed by atoms with Crippen LogP contribution in [-0.2, 0) is 9.47 Å². The summed E-state index contributed by atoms with van der Waals surface area (Å²) < 4.78 is 11.2. The van der Waals surface area contributed by atoms with Crippen LogP contribution in [0.5, 0.6) is 0 Å². The molecule has 4 heteroatoms. The summed E-state index contributed by atoms with van der Waals surface area (Å²) in [6, 6.07) is 8.30. The molecule has 0 aliphatic rings. The Hall–Kier alpha value is -0.843. The first kappa shape index (κ1) is 15.2. The van der Waals surface area contributed by atoms with E-state index in [1.54, 1.807) is 0 Å². The van der Waals surface area contributed by atoms with Crippen LogP contribution in [0.1, 0.15) is 25.7 Å². The van der Waals surface area contributed by atoms with Gasteiger partial charge in [0.15, 0.2) is 6.29 Å². The lowest BCUT2D eigenvalue weighted by Gasteiger charge is -2.22. The van der Waals surface area contributed by atoms with E-state index in [9.17, 15) is 0 Å². The van der Waals surface area contributed by atoms with Crippen LogP contribution in [0.15, 0.2) is 24.3 Å². The highest BCUT2D eigenvalue weighted by molar-refractivity contribution is 6.79. The lowest BCUT2D eigenvalue weighted by Crippen LogP contribution is -2.32. The Morgan fingerprint density at radius 1 is 1.11 bits per heavy atom. The van der Waals surface area contributed by atoms with Crippen LogP contribution in [0.25, 0.3) is 0 Å². The third-order valence-electron chi connectivity index (χ3n) is 2.31. The monoisotopic (exact) mass is 267 g/mol. The molecule has 0 fully saturated rings. The van der Waals surface area contributed by atoms with Crippen LogP contribution in [0, 0.1) is 0 Å². The summed E-state index contributed by atoms with van der Waals surface area (Å²) >= 11 is 0. The van der Waals surface area contributed by atoms with Gasteiger partial charge in [0.2, 0.25) is 0 Å². The summed E-state index contributed by atoms with van der Waals surface area (Å²) in [6.45, 7) is 12.1. The minimum atomic E-state index is -1.32. The van der Waals surface area contributed by atoms with Crippen LogP contribution in [0.4, 0.5) is 5.69 Å². The van der Waals surface area contributed by atoms with E-state index in [0.29, 0.717) is 13.2 Å². The molecule has 0 unspecified atom stereocenters. The zero-order valence-electron chi connectivity index (χ0n) is 12.1. The molecule has 0 saturated heterocycles. The first-order valence-corrected chi connectivity index (χ1v) is 10.1. The SMILES string of the molecule is CCOC(OCC)c1cccc(N[Si](C)(C)C)c1. The molecule has 0 bridgehead atoms. The minimum Gasteiger partial charge on any atom is -0.411 e. The van der Waals surface area contributed by atoms with E-state index in [-0.39, 0.29) is 6.29 Å². The van der Waals surface area contributed by atoms with Gasteiger partial charge < -0.3 is 14.5 Å². The van der Waals surface area contributed by atoms with Crippen LogP contribution in [0.2, 0.25) is 19.6 Å². The lowest BCUT2D eigenvalue weighted by atomic mass is 10.2. The average molecular weight is 267 g/mol. The molecule has 0 spiro atoms. The molecular weight excluding hydrogens is 242 g/mol. The molecule has 3 nitrogen and oxygen atoms in total. The Morgan fingerprint density at radius 2 is 1.72 bits per heavy atom. The summed E-state index contributed by atoms with van der Waals surface area (Å²) in [5.74, 6) is 0. The number of rotatable bonds is 7. The van der Waals surface area contributed by atoms with Crippen molar-refractivity contribution in [3.05, 3.63) is 29.8 Å². The predicted molar refractivity (Wildman–Crippen MR) is 79.4 cm³/mol. The van der Waals surface area contributed by atoms with E-state index < -0.39 is 8.24 Å². The largest absolute Gasteiger partial charge is 0.411 e. The van der Waals surface area contributed by atoms with Crippen molar-refractivity contribution in [3.8, 4) is 0 Å². The highest BCUT2D eigenvalue weighted by Gasteiger charge is 2.15. The van der Waals surface area contributed by atoms with Gasteiger partial charge in [0.25, 0.3) is 0 Å². The number of hydrogen-bond acceptors (Lipinski definition) is 3. The molecule has 18 heavy (non-hydrogen) atoms. The molecule has 0 aliphatic heterocycles. The van der Waals surface area contributed by atoms with Gasteiger partial charge in [0.05, 0.1) is 0 Å². The van der Waals surface area contributed by atoms with Gasteiger partial charge in [-0.15, -0.1) is 0 Å². The van der Waals surface area contributed by atoms with Crippen molar-refractivity contribution in [3.63, 3.8) is 0 Å². The van der Waals surface area contributed by atoms with E-state index in [1.165, 1.54) is 0 Å². The normalized spacial score (nSPS) is 11.9. The van der Waals surface area contributed by atoms with Crippen molar-refractivity contribution in [1.29, 1.82) is 0 Å². The van der Waals surface area contributed by atoms with Gasteiger partial charge >= 0.3 is 0 Å². The molecule has 0 amide bonds. The molecule has 0 atom stereocenters. The molecular formula is C14H25NO2Si. The smallest absolute Gasteiger partial charge is 0.183 e. The maximum atomic E-state index is 5.61. The molecule has 1 N–H and O–H groups in total. The quantitative estimate of drug-likeness (QED) is 0.598. The fourth-order valence-corrected chi connectivity index (χ4v) is 2.76. The van der Waals surface area contributed by atoms with E-state index in [1.807, 2.05) is 26.0 Å². The molecule has 0 saturated carbocycles. The summed E-state index contributed by atoms with van der Waals surface area (Å²) in [5, 5.41) is 0. The second-order valence-electron chi connectivity index (χ2n) is 5.24. The summed E-state index contributed by atoms with van der Waals surface area (Å²) in [7, 11) is -1.32. The molecule has 102 valence electrons. The second kappa shape index (κ2) is 6.92. The number of hydrogen-bond donors (Lipinski definition) is 1. The van der Waals surface area contributed by atoms with Crippen molar-refractivity contribution in [1.82, 2.24) is 0 Å². The molecule has 0 aliphatic carbocycles. The van der Waals surface area contributed by atoms with Crippen LogP contribution < -0.4 is 4.98 Å². The Kier molecular flexibility index (Phi) is 5.85. The van der Waals surface area contributed by atoms with Crippen LogP contribution >= 0.6 is 0 Å². The van der Waals surface area contributed by atoms with Crippen molar-refractivity contribution >= 4 is 13.9 Å². The summed E-state index contributed by atoms with van der Waals surface area (Å²) in [6.07, 6.45) is -0.261. The zero-order chi connectivity index (χ0) is 13.6. The van der Waals surface area contributed by atoms with E-state index >= 15 is 0 Å². The highest BCUT2D eigenvalue weighted by Crippen LogP contribution is 2.23. The minimum absolute atomic E-state index is 0.261. The Labute approximate surface area is 112 Å². The van der Waals surface area contributed by atoms with Gasteiger partial charge in [-0.2, -0.15) is 0 Å². The van der Waals surface area contributed by atoms with Crippen molar-refractivity contribution < 1.29 is 9.47 Å². The molecule has 1 aromatic rings. The van der Waals surface area contributed by atoms with Gasteiger partial charge in [0.1, 0.15) is 8.24 Å². The lowest BCUT2D eigenvalue weighted by molar-refractivity contribution is -0.140. The number of nitrogens with one attached hydrogen (secondary N) is 1. The molecule has 0 radical (unpaired) electrons. The average Bonchev–Trinajstić information content (AvgIpc) is 2.27. The fourth-order valence-electron chi connectivity index (χ4n) is 1.74. The first-order valence-electron chi connectivity index (χ1n) is 6.57. The maximum Gasteiger partial charge on any atom is 0.183 e. The number of anilines is 1. The molecule has 1 aromatic carbocycles. The van der Waals surface area contributed by atoms with Crippen LogP contribution in [-0.4, -0.2) is 21.4 Å². The van der Waals surface area contributed by atoms with E-state index in [2.05, 4.69) is 36.8 Å². The third kappa shape index (κ3) is 5.21. The fraction of sp³-hybridized carbons (Fsp3) is 0.571. The standard InChI is InChI=1S/C14H25NO2Si/c1-6-16-14(17-7-2)12-9-8-10-13(11-12)15-18(3,4)5/h8-11,14-15H,6-7H2,1-5H3. The topological polar surface area (TPSA) is 30.5 Å². The van der Waals surface area contributed by atoms with Crippen LogP contribution in [0.3, 0.4) is 0 Å². The zero-order valence-corrected chi connectivity index (χ0v) is 13.1. The van der Waals surface area contributed by atoms with E-state index in [4.69, 9.17) is 9.47 Å². The first-order chi connectivity index (χ1) is 8.46. The van der Waals surface area contributed by atoms with Crippen molar-refractivity contribution in [2.45, 2.75) is 39.8 Å². The predicted octanol–water partition coefficient (Wildman–Crippen LogP) is 4.01. The molecule has 1 rings (SSSR count). The van der Waals surface area contributed by atoms with Gasteiger partial charge in [-0.25, -0.2) is 0 Å². The van der Waals surface area contributed by atoms with Gasteiger partial charge in [-0.1, -0.05) is 31.8 Å². The Balaban J connectivity index is 2.84. The van der Waals surface area contributed by atoms with Crippen molar-refractivity contribution in [2.75, 3.05) is 18.2 Å². The Bertz CT molecular complexity index is 357. The van der Waals surface area contributed by atoms with Gasteiger partial charge in [0, 0.05) is 24.5 Å². The summed E-state index contributed by atoms with van der Waals surface area (Å²) in [4.78, 5) is 3.59. The highest BCUT2D eigenvalue weighted by atomic mass is 28.3. The summed E-state index contributed by atoms with van der Waals surface area (Å²) in [5.41, 5.74) is 2.22. The van der Waals surface area contributed by atoms with Crippen molar-refractivity contribution in [2.24, 2.45) is 0 Å². The molecule has 0 heterocycles. The number of benzene rings is 1. The van der Waals surface area contributed by atoms with Gasteiger partial charge in [-0.3, -0.25) is 0 Å². The maximum absolute atomic E-state index is 5.61. The second-order valence-corrected chi connectivity index (χ2v) is 9.99. The van der Waals surface area contributed by atoms with Gasteiger partial charge in [-0.05, 0) is 26.0 Å².